The van der Waals surface area contributed by atoms with E-state index in [4.69, 9.17) is 0 Å². The Kier molecular flexibility index (Phi) is 3.50. The molecule has 0 fully saturated rings. The number of benzene rings is 1. The zero-order valence-corrected chi connectivity index (χ0v) is 9.62. The van der Waals surface area contributed by atoms with Gasteiger partial charge in [-0.3, -0.25) is 0 Å². The third-order valence-electron chi connectivity index (χ3n) is 2.35. The van der Waals surface area contributed by atoms with Crippen molar-refractivity contribution < 1.29 is 22.0 Å². The summed E-state index contributed by atoms with van der Waals surface area (Å²) >= 11 is 0. The van der Waals surface area contributed by atoms with Crippen molar-refractivity contribution in [1.29, 1.82) is 0 Å². The topological polar surface area (TPSA) is 0 Å². The fourth-order valence-electron chi connectivity index (χ4n) is 1.55. The number of hydrogen-bond donors (Lipinski definition) is 0. The summed E-state index contributed by atoms with van der Waals surface area (Å²) < 4.78 is 62.9. The minimum absolute atomic E-state index is 0.00926. The summed E-state index contributed by atoms with van der Waals surface area (Å²) in [4.78, 5) is 0. The Labute approximate surface area is 96.4 Å². The van der Waals surface area contributed by atoms with Gasteiger partial charge in [-0.1, -0.05) is 32.9 Å². The highest BCUT2D eigenvalue weighted by Crippen LogP contribution is 2.39. The van der Waals surface area contributed by atoms with E-state index >= 15 is 0 Å². The lowest BCUT2D eigenvalue weighted by atomic mass is 9.83. The summed E-state index contributed by atoms with van der Waals surface area (Å²) in [7, 11) is 0. The van der Waals surface area contributed by atoms with E-state index < -0.39 is 29.1 Å². The quantitative estimate of drug-likeness (QED) is 0.630. The molecule has 0 aromatic heterocycles. The normalized spacial score (nSPS) is 13.2. The molecular weight excluding hydrogens is 239 g/mol. The van der Waals surface area contributed by atoms with Crippen LogP contribution in [0.4, 0.5) is 22.0 Å². The molecule has 1 rings (SSSR count). The largest absolute Gasteiger partial charge is 0.416 e. The van der Waals surface area contributed by atoms with Crippen molar-refractivity contribution >= 4 is 0 Å². The van der Waals surface area contributed by atoms with Crippen LogP contribution in [0.25, 0.3) is 0 Å². The molecule has 0 atom stereocenters. The molecule has 0 heterocycles. The first-order valence-corrected chi connectivity index (χ1v) is 4.93. The van der Waals surface area contributed by atoms with Gasteiger partial charge in [0.25, 0.3) is 0 Å². The molecule has 0 aliphatic heterocycles. The first-order chi connectivity index (χ1) is 7.53. The Morgan fingerprint density at radius 2 is 1.47 bits per heavy atom. The first-order valence-electron chi connectivity index (χ1n) is 4.93. The highest BCUT2D eigenvalue weighted by molar-refractivity contribution is 5.40. The fourth-order valence-corrected chi connectivity index (χ4v) is 1.55. The molecule has 0 saturated heterocycles. The summed E-state index contributed by atoms with van der Waals surface area (Å²) in [6, 6.07) is 2.61. The summed E-state index contributed by atoms with van der Waals surface area (Å²) in [6.07, 6.45) is -6.75. The van der Waals surface area contributed by atoms with Crippen LogP contribution in [-0.2, 0) is 11.6 Å². The lowest BCUT2D eigenvalue weighted by Crippen LogP contribution is -2.19. The average molecular weight is 251 g/mol. The zero-order valence-electron chi connectivity index (χ0n) is 9.62. The van der Waals surface area contributed by atoms with Gasteiger partial charge in [-0.05, 0) is 17.0 Å². The Morgan fingerprint density at radius 1 is 0.941 bits per heavy atom. The predicted octanol–water partition coefficient (Wildman–Crippen LogP) is 4.78. The first kappa shape index (κ1) is 13.9. The van der Waals surface area contributed by atoms with E-state index in [0.29, 0.717) is 6.07 Å². The lowest BCUT2D eigenvalue weighted by Gasteiger charge is -2.24. The molecule has 0 amide bonds. The van der Waals surface area contributed by atoms with Gasteiger partial charge in [0.2, 0.25) is 0 Å². The van der Waals surface area contributed by atoms with Gasteiger partial charge in [-0.15, -0.1) is 0 Å². The highest BCUT2D eigenvalue weighted by atomic mass is 19.4. The second-order valence-corrected chi connectivity index (χ2v) is 4.77. The number of hydrogen-bond acceptors (Lipinski definition) is 0. The smallest absolute Gasteiger partial charge is 0.194 e. The van der Waals surface area contributed by atoms with Gasteiger partial charge in [0.05, 0.1) is 5.56 Å². The highest BCUT2D eigenvalue weighted by Gasteiger charge is 2.37. The molecule has 0 bridgehead atoms. The molecule has 0 nitrogen and oxygen atoms in total. The standard InChI is InChI=1S/C12H12F5/c1-11(2,3)8-5-4-7(10(13)14)6-9(8)12(15,16)17/h4-6H,1-3H3. The van der Waals surface area contributed by atoms with Gasteiger partial charge >= 0.3 is 12.6 Å². The second-order valence-electron chi connectivity index (χ2n) is 4.77. The molecule has 0 N–H and O–H groups in total. The molecule has 0 unspecified atom stereocenters. The van der Waals surface area contributed by atoms with Crippen LogP contribution >= 0.6 is 0 Å². The van der Waals surface area contributed by atoms with E-state index in [1.54, 1.807) is 20.8 Å². The fraction of sp³-hybridized carbons (Fsp3) is 0.417. The molecule has 0 aliphatic carbocycles. The van der Waals surface area contributed by atoms with Crippen LogP contribution in [0.15, 0.2) is 18.2 Å². The van der Waals surface area contributed by atoms with Crippen LogP contribution in [0.5, 0.6) is 0 Å². The maximum atomic E-state index is 12.8. The summed E-state index contributed by atoms with van der Waals surface area (Å²) in [5.41, 5.74) is -2.44. The van der Waals surface area contributed by atoms with E-state index in [1.165, 1.54) is 0 Å². The second kappa shape index (κ2) is 4.27. The monoisotopic (exact) mass is 251 g/mol. The summed E-state index contributed by atoms with van der Waals surface area (Å²) in [5, 5.41) is 0. The van der Waals surface area contributed by atoms with Crippen LogP contribution in [0.1, 0.15) is 37.5 Å². The van der Waals surface area contributed by atoms with E-state index in [-0.39, 0.29) is 5.56 Å². The molecule has 1 aromatic rings. The number of rotatable bonds is 1. The molecule has 0 saturated carbocycles. The Morgan fingerprint density at radius 3 is 1.82 bits per heavy atom. The molecule has 1 aromatic carbocycles. The van der Waals surface area contributed by atoms with Crippen molar-refractivity contribution in [2.24, 2.45) is 0 Å². The van der Waals surface area contributed by atoms with Crippen molar-refractivity contribution in [3.05, 3.63) is 41.3 Å². The van der Waals surface area contributed by atoms with E-state index in [1.807, 2.05) is 0 Å². The SMILES string of the molecule is CC(C)(C)c1ccc([C](F)F)cc1C(F)(F)F. The number of alkyl halides is 3. The molecule has 95 valence electrons. The van der Waals surface area contributed by atoms with Crippen molar-refractivity contribution in [3.8, 4) is 0 Å². The molecule has 17 heavy (non-hydrogen) atoms. The summed E-state index contributed by atoms with van der Waals surface area (Å²) in [6.45, 7) is 4.81. The average Bonchev–Trinajstić information content (AvgIpc) is 2.14. The summed E-state index contributed by atoms with van der Waals surface area (Å²) in [5.74, 6) is 0. The number of halogens is 5. The minimum Gasteiger partial charge on any atom is -0.194 e. The van der Waals surface area contributed by atoms with Crippen LogP contribution in [0, 0.1) is 6.43 Å². The third kappa shape index (κ3) is 3.17. The molecular formula is C12H12F5. The lowest BCUT2D eigenvalue weighted by molar-refractivity contribution is -0.138. The Balaban J connectivity index is 3.43. The van der Waals surface area contributed by atoms with E-state index in [0.717, 1.165) is 12.1 Å². The van der Waals surface area contributed by atoms with Crippen LogP contribution in [0.3, 0.4) is 0 Å². The maximum absolute atomic E-state index is 12.8. The molecule has 1 radical (unpaired) electrons. The zero-order chi connectivity index (χ0) is 13.4. The van der Waals surface area contributed by atoms with Gasteiger partial charge in [-0.25, -0.2) is 0 Å². The molecule has 0 spiro atoms. The Hall–Kier alpha value is -1.13. The van der Waals surface area contributed by atoms with E-state index in [2.05, 4.69) is 0 Å². The van der Waals surface area contributed by atoms with Gasteiger partial charge in [0, 0.05) is 5.56 Å². The molecule has 0 aliphatic rings. The Bertz CT molecular complexity index is 398. The van der Waals surface area contributed by atoms with Crippen molar-refractivity contribution in [1.82, 2.24) is 0 Å². The maximum Gasteiger partial charge on any atom is 0.416 e. The third-order valence-corrected chi connectivity index (χ3v) is 2.35. The van der Waals surface area contributed by atoms with Crippen LogP contribution in [0.2, 0.25) is 0 Å². The van der Waals surface area contributed by atoms with Crippen molar-refractivity contribution in [2.75, 3.05) is 0 Å². The van der Waals surface area contributed by atoms with Gasteiger partial charge in [-0.2, -0.15) is 22.0 Å². The van der Waals surface area contributed by atoms with Crippen LogP contribution in [-0.4, -0.2) is 0 Å². The molecule has 5 heteroatoms. The van der Waals surface area contributed by atoms with Crippen LogP contribution < -0.4 is 0 Å². The van der Waals surface area contributed by atoms with E-state index in [9.17, 15) is 22.0 Å². The minimum atomic E-state index is -4.63. The van der Waals surface area contributed by atoms with Gasteiger partial charge < -0.3 is 0 Å². The van der Waals surface area contributed by atoms with Gasteiger partial charge in [0.15, 0.2) is 0 Å². The van der Waals surface area contributed by atoms with Gasteiger partial charge in [0.1, 0.15) is 0 Å². The van der Waals surface area contributed by atoms with Crippen molar-refractivity contribution in [3.63, 3.8) is 0 Å². The van der Waals surface area contributed by atoms with Crippen molar-refractivity contribution in [2.45, 2.75) is 32.4 Å². The predicted molar refractivity (Wildman–Crippen MR) is 54.7 cm³/mol.